The molecule has 3 aromatic carbocycles. The third-order valence-corrected chi connectivity index (χ3v) is 5.74. The van der Waals surface area contributed by atoms with E-state index in [1.54, 1.807) is 36.4 Å². The second-order valence-electron chi connectivity index (χ2n) is 6.62. The minimum absolute atomic E-state index is 0. The maximum atomic E-state index is 13.2. The molecular formula is C21H16N2NaO6S. The van der Waals surface area contributed by atoms with Gasteiger partial charge in [0, 0.05) is 46.4 Å². The molecule has 153 valence electrons. The summed E-state index contributed by atoms with van der Waals surface area (Å²) in [5, 5.41) is 2.95. The molecule has 0 aliphatic heterocycles. The van der Waals surface area contributed by atoms with Crippen molar-refractivity contribution in [3.63, 3.8) is 0 Å². The first kappa shape index (κ1) is 23.0. The number of rotatable bonds is 4. The monoisotopic (exact) mass is 447 g/mol. The van der Waals surface area contributed by atoms with Crippen molar-refractivity contribution >= 4 is 68.3 Å². The van der Waals surface area contributed by atoms with Gasteiger partial charge in [0.1, 0.15) is 10.6 Å². The second-order valence-corrected chi connectivity index (χ2v) is 8.01. The van der Waals surface area contributed by atoms with Gasteiger partial charge in [-0.2, -0.15) is 8.42 Å². The Hall–Kier alpha value is -2.69. The number of hydrogen-bond donors (Lipinski definition) is 3. The molecule has 0 atom stereocenters. The van der Waals surface area contributed by atoms with Gasteiger partial charge in [-0.3, -0.25) is 14.1 Å². The molecular weight excluding hydrogens is 431 g/mol. The molecule has 3 aromatic rings. The molecule has 10 heteroatoms. The van der Waals surface area contributed by atoms with E-state index in [0.29, 0.717) is 11.4 Å². The largest absolute Gasteiger partial charge is 0.497 e. The summed E-state index contributed by atoms with van der Waals surface area (Å²) in [6.45, 7) is 0. The summed E-state index contributed by atoms with van der Waals surface area (Å²) >= 11 is 0. The number of carbonyl (C=O) groups is 2. The van der Waals surface area contributed by atoms with Crippen LogP contribution >= 0.6 is 0 Å². The molecule has 1 aliphatic rings. The van der Waals surface area contributed by atoms with Crippen LogP contribution in [0.4, 0.5) is 17.1 Å². The van der Waals surface area contributed by atoms with Crippen LogP contribution in [0.2, 0.25) is 0 Å². The first-order valence-corrected chi connectivity index (χ1v) is 10.2. The minimum Gasteiger partial charge on any atom is -0.497 e. The van der Waals surface area contributed by atoms with Gasteiger partial charge in [0.15, 0.2) is 11.6 Å². The Labute approximate surface area is 200 Å². The molecule has 0 spiro atoms. The molecule has 1 radical (unpaired) electrons. The summed E-state index contributed by atoms with van der Waals surface area (Å²) in [4.78, 5) is 25.6. The zero-order valence-electron chi connectivity index (χ0n) is 16.7. The van der Waals surface area contributed by atoms with E-state index >= 15 is 0 Å². The number of nitrogen functional groups attached to an aromatic ring is 1. The number of fused-ring (bicyclic) bond motifs is 2. The number of hydrogen-bond acceptors (Lipinski definition) is 7. The second kappa shape index (κ2) is 8.45. The fourth-order valence-electron chi connectivity index (χ4n) is 3.44. The summed E-state index contributed by atoms with van der Waals surface area (Å²) in [5.74, 6) is -0.482. The van der Waals surface area contributed by atoms with Crippen LogP contribution < -0.4 is 15.8 Å². The Bertz CT molecular complexity index is 1320. The van der Waals surface area contributed by atoms with Gasteiger partial charge >= 0.3 is 0 Å². The fraction of sp³-hybridized carbons (Fsp3) is 0.0476. The standard InChI is InChI=1S/C21H16N2O6S.Na/c1-29-12-8-6-11(7-9-12)23-15-10-16(30(26,27)28)19(22)18-17(15)20(24)13-4-2-3-5-14(13)21(18)25;/h2-10,23H,22H2,1H3,(H,26,27,28);. The van der Waals surface area contributed by atoms with E-state index in [9.17, 15) is 22.6 Å². The van der Waals surface area contributed by atoms with E-state index < -0.39 is 32.3 Å². The van der Waals surface area contributed by atoms with Crippen LogP contribution in [0.1, 0.15) is 31.8 Å². The van der Waals surface area contributed by atoms with Crippen molar-refractivity contribution in [2.24, 2.45) is 0 Å². The molecule has 8 nitrogen and oxygen atoms in total. The van der Waals surface area contributed by atoms with Crippen LogP contribution in [-0.2, 0) is 10.1 Å². The number of nitrogens with one attached hydrogen (secondary N) is 1. The molecule has 4 rings (SSSR count). The summed E-state index contributed by atoms with van der Waals surface area (Å²) in [5.41, 5.74) is 5.99. The van der Waals surface area contributed by atoms with Crippen LogP contribution in [0, 0.1) is 0 Å². The average molecular weight is 447 g/mol. The SMILES string of the molecule is COc1ccc(Nc2cc(S(=O)(=O)O)c(N)c3c2C(=O)c2ccccc2C3=O)cc1.[Na]. The molecule has 0 fully saturated rings. The molecule has 31 heavy (non-hydrogen) atoms. The molecule has 0 amide bonds. The van der Waals surface area contributed by atoms with E-state index in [-0.39, 0.29) is 57.5 Å². The van der Waals surface area contributed by atoms with Crippen molar-refractivity contribution in [1.82, 2.24) is 0 Å². The molecule has 0 heterocycles. The number of nitrogens with two attached hydrogens (primary N) is 1. The van der Waals surface area contributed by atoms with Crippen LogP contribution in [0.3, 0.4) is 0 Å². The van der Waals surface area contributed by atoms with Crippen molar-refractivity contribution in [3.8, 4) is 5.75 Å². The van der Waals surface area contributed by atoms with Gasteiger partial charge in [-0.1, -0.05) is 24.3 Å². The van der Waals surface area contributed by atoms with Gasteiger partial charge in [0.05, 0.1) is 29.6 Å². The average Bonchev–Trinajstić information content (AvgIpc) is 2.72. The first-order valence-electron chi connectivity index (χ1n) is 8.76. The Morgan fingerprint density at radius 3 is 2.00 bits per heavy atom. The van der Waals surface area contributed by atoms with Crippen LogP contribution in [0.25, 0.3) is 0 Å². The van der Waals surface area contributed by atoms with E-state index in [2.05, 4.69) is 5.32 Å². The van der Waals surface area contributed by atoms with Crippen molar-refractivity contribution < 1.29 is 27.3 Å². The quantitative estimate of drug-likeness (QED) is 0.247. The van der Waals surface area contributed by atoms with Gasteiger partial charge in [-0.05, 0) is 30.3 Å². The number of anilines is 3. The zero-order valence-corrected chi connectivity index (χ0v) is 19.5. The Morgan fingerprint density at radius 2 is 1.48 bits per heavy atom. The Kier molecular flexibility index (Phi) is 6.26. The van der Waals surface area contributed by atoms with Crippen molar-refractivity contribution in [2.75, 3.05) is 18.2 Å². The normalized spacial score (nSPS) is 12.5. The number of carbonyl (C=O) groups excluding carboxylic acids is 2. The number of methoxy groups -OCH3 is 1. The molecule has 0 unspecified atom stereocenters. The predicted octanol–water partition coefficient (Wildman–Crippen LogP) is 2.66. The van der Waals surface area contributed by atoms with Crippen LogP contribution in [0.5, 0.6) is 5.75 Å². The summed E-state index contributed by atoms with van der Waals surface area (Å²) < 4.78 is 38.5. The predicted molar refractivity (Wildman–Crippen MR) is 116 cm³/mol. The zero-order chi connectivity index (χ0) is 21.6. The van der Waals surface area contributed by atoms with Gasteiger partial charge in [-0.15, -0.1) is 0 Å². The van der Waals surface area contributed by atoms with Crippen LogP contribution in [0.15, 0.2) is 59.5 Å². The third-order valence-electron chi connectivity index (χ3n) is 4.85. The number of ether oxygens (including phenoxy) is 1. The molecule has 0 aromatic heterocycles. The van der Waals surface area contributed by atoms with E-state index in [1.165, 1.54) is 19.2 Å². The topological polar surface area (TPSA) is 136 Å². The van der Waals surface area contributed by atoms with E-state index in [0.717, 1.165) is 6.07 Å². The summed E-state index contributed by atoms with van der Waals surface area (Å²) in [6.07, 6.45) is 0. The molecule has 0 saturated heterocycles. The maximum Gasteiger partial charge on any atom is 0.296 e. The minimum atomic E-state index is -4.76. The third kappa shape index (κ3) is 3.98. The number of ketones is 2. The van der Waals surface area contributed by atoms with Crippen LogP contribution in [-0.4, -0.2) is 61.2 Å². The summed E-state index contributed by atoms with van der Waals surface area (Å²) in [7, 11) is -3.25. The van der Waals surface area contributed by atoms with Gasteiger partial charge < -0.3 is 15.8 Å². The Balaban J connectivity index is 0.00000272. The van der Waals surface area contributed by atoms with E-state index in [4.69, 9.17) is 10.5 Å². The van der Waals surface area contributed by atoms with Crippen molar-refractivity contribution in [2.45, 2.75) is 4.90 Å². The van der Waals surface area contributed by atoms with Crippen molar-refractivity contribution in [3.05, 3.63) is 76.9 Å². The Morgan fingerprint density at radius 1 is 0.935 bits per heavy atom. The van der Waals surface area contributed by atoms with Crippen molar-refractivity contribution in [1.29, 1.82) is 0 Å². The smallest absolute Gasteiger partial charge is 0.296 e. The maximum absolute atomic E-state index is 13.2. The molecule has 4 N–H and O–H groups in total. The first-order chi connectivity index (χ1) is 14.2. The van der Waals surface area contributed by atoms with Gasteiger partial charge in [-0.25, -0.2) is 0 Å². The van der Waals surface area contributed by atoms with E-state index in [1.807, 2.05) is 0 Å². The fourth-order valence-corrected chi connectivity index (χ4v) is 4.08. The van der Waals surface area contributed by atoms with Gasteiger partial charge in [0.2, 0.25) is 0 Å². The molecule has 0 bridgehead atoms. The molecule has 1 aliphatic carbocycles. The summed E-state index contributed by atoms with van der Waals surface area (Å²) in [6, 6.07) is 13.9. The molecule has 0 saturated carbocycles. The number of benzene rings is 3. The van der Waals surface area contributed by atoms with Gasteiger partial charge in [0.25, 0.3) is 10.1 Å².